The predicted molar refractivity (Wildman–Crippen MR) is 130 cm³/mol. The minimum absolute atomic E-state index is 0.218. The second-order valence-corrected chi connectivity index (χ2v) is 8.39. The Morgan fingerprint density at radius 3 is 2.35 bits per heavy atom. The van der Waals surface area contributed by atoms with Gasteiger partial charge in [-0.2, -0.15) is 0 Å². The number of thiocarbonyl (C=S) groups is 1. The van der Waals surface area contributed by atoms with Crippen LogP contribution in [0.2, 0.25) is 0 Å². The van der Waals surface area contributed by atoms with Crippen molar-refractivity contribution in [3.63, 3.8) is 0 Å². The molecule has 8 heteroatoms. The van der Waals surface area contributed by atoms with Gasteiger partial charge in [0.2, 0.25) is 0 Å². The summed E-state index contributed by atoms with van der Waals surface area (Å²) in [5, 5.41) is 3.67. The monoisotopic (exact) mass is 457 g/mol. The van der Waals surface area contributed by atoms with E-state index < -0.39 is 0 Å². The van der Waals surface area contributed by atoms with Crippen LogP contribution < -0.4 is 14.8 Å². The number of carbonyl (C=O) groups excluding carboxylic acids is 1. The molecule has 0 spiro atoms. The van der Waals surface area contributed by atoms with Gasteiger partial charge in [-0.1, -0.05) is 12.1 Å². The van der Waals surface area contributed by atoms with Crippen LogP contribution >= 0.6 is 24.0 Å². The summed E-state index contributed by atoms with van der Waals surface area (Å²) in [4.78, 5) is 18.6. The number of hydrogen-bond donors (Lipinski definition) is 1. The van der Waals surface area contributed by atoms with Crippen LogP contribution in [0.15, 0.2) is 58.6 Å². The third-order valence-electron chi connectivity index (χ3n) is 5.47. The average molecular weight is 458 g/mol. The molecule has 3 rings (SSSR count). The van der Waals surface area contributed by atoms with Crippen molar-refractivity contribution in [3.8, 4) is 11.5 Å². The zero-order valence-electron chi connectivity index (χ0n) is 18.6. The molecule has 1 amide bonds. The maximum Gasteiger partial charge on any atom is 0.255 e. The fraction of sp³-hybridized carbons (Fsp3) is 0.304. The van der Waals surface area contributed by atoms with Crippen LogP contribution in [0.3, 0.4) is 0 Å². The van der Waals surface area contributed by atoms with E-state index in [4.69, 9.17) is 21.7 Å². The van der Waals surface area contributed by atoms with Crippen molar-refractivity contribution in [2.24, 2.45) is 0 Å². The molecule has 1 aliphatic heterocycles. The van der Waals surface area contributed by atoms with Crippen LogP contribution in [0.1, 0.15) is 18.5 Å². The molecule has 0 radical (unpaired) electrons. The first-order valence-corrected chi connectivity index (χ1v) is 11.3. The number of nitrogens with zero attached hydrogens (tertiary/aromatic N) is 2. The number of likely N-dealkylation sites (N-methyl/N-ethyl adjacent to an activating group) is 1. The summed E-state index contributed by atoms with van der Waals surface area (Å²) in [5.41, 5.74) is 2.97. The molecule has 0 fully saturated rings. The predicted octanol–water partition coefficient (Wildman–Crippen LogP) is 4.54. The summed E-state index contributed by atoms with van der Waals surface area (Å²) in [6.45, 7) is 1.92. The van der Waals surface area contributed by atoms with Crippen molar-refractivity contribution in [3.05, 3.63) is 59.3 Å². The van der Waals surface area contributed by atoms with Crippen molar-refractivity contribution >= 4 is 40.7 Å². The molecule has 6 nitrogen and oxygen atoms in total. The van der Waals surface area contributed by atoms with Gasteiger partial charge in [-0.15, -0.1) is 11.8 Å². The van der Waals surface area contributed by atoms with Crippen molar-refractivity contribution in [2.45, 2.75) is 17.9 Å². The van der Waals surface area contributed by atoms with Crippen molar-refractivity contribution in [2.75, 3.05) is 39.9 Å². The highest BCUT2D eigenvalue weighted by Gasteiger charge is 2.36. The maximum absolute atomic E-state index is 13.6. The van der Waals surface area contributed by atoms with Crippen LogP contribution in [0, 0.1) is 0 Å². The quantitative estimate of drug-likeness (QED) is 0.505. The Morgan fingerprint density at radius 2 is 1.77 bits per heavy atom. The number of ether oxygens (including phenoxy) is 2. The number of hydrogen-bond acceptors (Lipinski definition) is 5. The van der Waals surface area contributed by atoms with Gasteiger partial charge in [-0.25, -0.2) is 0 Å². The Morgan fingerprint density at radius 1 is 1.10 bits per heavy atom. The molecular weight excluding hydrogens is 430 g/mol. The van der Waals surface area contributed by atoms with Gasteiger partial charge in [0.05, 0.1) is 31.5 Å². The van der Waals surface area contributed by atoms with E-state index in [1.165, 1.54) is 0 Å². The van der Waals surface area contributed by atoms with Gasteiger partial charge >= 0.3 is 0 Å². The molecule has 2 aromatic rings. The number of nitrogens with one attached hydrogen (secondary N) is 1. The fourth-order valence-corrected chi connectivity index (χ4v) is 4.28. The zero-order valence-corrected chi connectivity index (χ0v) is 20.2. The number of methoxy groups -OCH3 is 2. The molecule has 0 aliphatic carbocycles. The molecule has 0 bridgehead atoms. The van der Waals surface area contributed by atoms with Crippen molar-refractivity contribution in [1.29, 1.82) is 0 Å². The summed E-state index contributed by atoms with van der Waals surface area (Å²) in [7, 11) is 6.94. The molecule has 0 unspecified atom stereocenters. The van der Waals surface area contributed by atoms with Gasteiger partial charge in [0.1, 0.15) is 11.5 Å². The standard InChI is InChI=1S/C23H27N3O3S2/c1-14-20(22(27)24-18-13-16(28-4)9-12-19(18)29-5)21(26(3)23(30)25(14)2)15-7-10-17(31-6)11-8-15/h7-13,21H,1-6H3,(H,24,27)/t21-/m1/s1. The summed E-state index contributed by atoms with van der Waals surface area (Å²) >= 11 is 7.32. The van der Waals surface area contributed by atoms with E-state index in [1.54, 1.807) is 44.2 Å². The molecular formula is C23H27N3O3S2. The number of carbonyl (C=O) groups is 1. The Hall–Kier alpha value is -2.71. The van der Waals surface area contributed by atoms with E-state index in [0.717, 1.165) is 16.2 Å². The number of amides is 1. The lowest BCUT2D eigenvalue weighted by atomic mass is 9.93. The Labute approximate surface area is 193 Å². The average Bonchev–Trinajstić information content (AvgIpc) is 2.79. The number of anilines is 1. The number of rotatable bonds is 6. The van der Waals surface area contributed by atoms with Crippen molar-refractivity contribution in [1.82, 2.24) is 9.80 Å². The number of benzene rings is 2. The molecule has 2 aromatic carbocycles. The van der Waals surface area contributed by atoms with Gasteiger partial charge in [0.15, 0.2) is 5.11 Å². The first-order chi connectivity index (χ1) is 14.8. The minimum atomic E-state index is -0.309. The molecule has 0 saturated heterocycles. The van der Waals surface area contributed by atoms with Gasteiger partial charge in [0, 0.05) is 30.8 Å². The second-order valence-electron chi connectivity index (χ2n) is 7.15. The molecule has 1 heterocycles. The largest absolute Gasteiger partial charge is 0.497 e. The smallest absolute Gasteiger partial charge is 0.255 e. The normalized spacial score (nSPS) is 16.5. The summed E-state index contributed by atoms with van der Waals surface area (Å²) in [6, 6.07) is 13.2. The lowest BCUT2D eigenvalue weighted by molar-refractivity contribution is -0.113. The summed E-state index contributed by atoms with van der Waals surface area (Å²) < 4.78 is 10.7. The highest BCUT2D eigenvalue weighted by molar-refractivity contribution is 7.98. The number of thioether (sulfide) groups is 1. The first-order valence-electron chi connectivity index (χ1n) is 9.71. The van der Waals surface area contributed by atoms with E-state index in [0.29, 0.717) is 27.9 Å². The number of allylic oxidation sites excluding steroid dienone is 1. The van der Waals surface area contributed by atoms with Crippen molar-refractivity contribution < 1.29 is 14.3 Å². The molecule has 1 aliphatic rings. The van der Waals surface area contributed by atoms with E-state index in [-0.39, 0.29) is 11.9 Å². The third-order valence-corrected chi connectivity index (χ3v) is 6.78. The van der Waals surface area contributed by atoms with Crippen LogP contribution in [0.5, 0.6) is 11.5 Å². The maximum atomic E-state index is 13.6. The van der Waals surface area contributed by atoms with E-state index >= 15 is 0 Å². The van der Waals surface area contributed by atoms with E-state index in [1.807, 2.05) is 49.2 Å². The third kappa shape index (κ3) is 4.50. The lowest BCUT2D eigenvalue weighted by Crippen LogP contribution is -2.47. The topological polar surface area (TPSA) is 54.0 Å². The molecule has 164 valence electrons. The first kappa shape index (κ1) is 23.0. The molecule has 1 N–H and O–H groups in total. The van der Waals surface area contributed by atoms with Gasteiger partial charge in [-0.05, 0) is 55.2 Å². The van der Waals surface area contributed by atoms with Gasteiger partial charge in [0.25, 0.3) is 5.91 Å². The zero-order chi connectivity index (χ0) is 22.7. The van der Waals surface area contributed by atoms with Gasteiger partial charge in [-0.3, -0.25) is 4.79 Å². The molecule has 1 atom stereocenters. The minimum Gasteiger partial charge on any atom is -0.497 e. The Balaban J connectivity index is 2.05. The van der Waals surface area contributed by atoms with Crippen LogP contribution in [-0.4, -0.2) is 55.4 Å². The highest BCUT2D eigenvalue weighted by atomic mass is 32.2. The molecule has 31 heavy (non-hydrogen) atoms. The summed E-state index contributed by atoms with van der Waals surface area (Å²) in [6.07, 6.45) is 2.04. The van der Waals surface area contributed by atoms with E-state index in [9.17, 15) is 4.79 Å². The van der Waals surface area contributed by atoms with Crippen LogP contribution in [0.25, 0.3) is 0 Å². The van der Waals surface area contributed by atoms with Gasteiger partial charge < -0.3 is 24.6 Å². The highest BCUT2D eigenvalue weighted by Crippen LogP contribution is 2.38. The summed E-state index contributed by atoms with van der Waals surface area (Å²) in [5.74, 6) is 0.968. The van der Waals surface area contributed by atoms with E-state index in [2.05, 4.69) is 17.4 Å². The Kier molecular flexibility index (Phi) is 7.12. The molecule has 0 aromatic heterocycles. The Bertz CT molecular complexity index is 1020. The second kappa shape index (κ2) is 9.62. The SMILES string of the molecule is COc1ccc(OC)c(NC(=O)C2=C(C)N(C)C(=S)N(C)[C@@H]2c2ccc(SC)cc2)c1. The fourth-order valence-electron chi connectivity index (χ4n) is 3.63. The lowest BCUT2D eigenvalue weighted by Gasteiger charge is -2.42. The molecule has 0 saturated carbocycles. The van der Waals surface area contributed by atoms with Crippen LogP contribution in [0.4, 0.5) is 5.69 Å². The van der Waals surface area contributed by atoms with Crippen LogP contribution in [-0.2, 0) is 4.79 Å².